The van der Waals surface area contributed by atoms with Crippen LogP contribution >= 0.6 is 0 Å². The lowest BCUT2D eigenvalue weighted by atomic mass is 9.92. The fourth-order valence-corrected chi connectivity index (χ4v) is 2.51. The van der Waals surface area contributed by atoms with Crippen LogP contribution in [0.1, 0.15) is 12.8 Å². The zero-order chi connectivity index (χ0) is 9.53. The summed E-state index contributed by atoms with van der Waals surface area (Å²) in [6, 6.07) is 0. The lowest BCUT2D eigenvalue weighted by Gasteiger charge is -2.16. The van der Waals surface area contributed by atoms with Crippen molar-refractivity contribution >= 4 is 5.97 Å². The number of ether oxygens (including phenoxy) is 2. The quantitative estimate of drug-likeness (QED) is 0.611. The van der Waals surface area contributed by atoms with Gasteiger partial charge in [-0.1, -0.05) is 0 Å². The van der Waals surface area contributed by atoms with Gasteiger partial charge < -0.3 is 15.2 Å². The van der Waals surface area contributed by atoms with Crippen LogP contribution in [0.4, 0.5) is 0 Å². The third kappa shape index (κ3) is 0.957. The second kappa shape index (κ2) is 2.69. The molecule has 0 bridgehead atoms. The first-order valence-electron chi connectivity index (χ1n) is 4.57. The van der Waals surface area contributed by atoms with Crippen LogP contribution in [-0.2, 0) is 14.3 Å². The standard InChI is InChI=1S/C9H15NO3/c1-12-7(11)9(5-10)4-8(9)2-3-13-6-8/h2-6,10H2,1H3/t8-,9+/m0/s1. The van der Waals surface area contributed by atoms with Gasteiger partial charge in [0.1, 0.15) is 0 Å². The van der Waals surface area contributed by atoms with Crippen LogP contribution in [-0.4, -0.2) is 32.8 Å². The first-order valence-corrected chi connectivity index (χ1v) is 4.57. The van der Waals surface area contributed by atoms with E-state index in [1.807, 2.05) is 0 Å². The first-order chi connectivity index (χ1) is 6.21. The molecule has 2 N–H and O–H groups in total. The summed E-state index contributed by atoms with van der Waals surface area (Å²) in [4.78, 5) is 11.5. The van der Waals surface area contributed by atoms with E-state index in [1.54, 1.807) is 0 Å². The summed E-state index contributed by atoms with van der Waals surface area (Å²) in [5, 5.41) is 0. The van der Waals surface area contributed by atoms with Gasteiger partial charge in [0.05, 0.1) is 19.1 Å². The molecule has 0 aromatic rings. The van der Waals surface area contributed by atoms with E-state index >= 15 is 0 Å². The third-order valence-electron chi connectivity index (χ3n) is 3.56. The Morgan fingerprint density at radius 3 is 2.92 bits per heavy atom. The van der Waals surface area contributed by atoms with Gasteiger partial charge >= 0.3 is 5.97 Å². The largest absolute Gasteiger partial charge is 0.469 e. The minimum atomic E-state index is -0.432. The van der Waals surface area contributed by atoms with E-state index < -0.39 is 5.41 Å². The van der Waals surface area contributed by atoms with Crippen molar-refractivity contribution in [3.05, 3.63) is 0 Å². The maximum absolute atomic E-state index is 11.5. The highest BCUT2D eigenvalue weighted by Gasteiger charge is 2.72. The molecule has 74 valence electrons. The second-order valence-corrected chi connectivity index (χ2v) is 4.04. The van der Waals surface area contributed by atoms with E-state index in [2.05, 4.69) is 0 Å². The summed E-state index contributed by atoms with van der Waals surface area (Å²) in [7, 11) is 1.42. The Morgan fingerprint density at radius 2 is 2.46 bits per heavy atom. The smallest absolute Gasteiger partial charge is 0.313 e. The van der Waals surface area contributed by atoms with Crippen molar-refractivity contribution in [2.75, 3.05) is 26.9 Å². The van der Waals surface area contributed by atoms with Crippen LogP contribution in [0.25, 0.3) is 0 Å². The lowest BCUT2D eigenvalue weighted by molar-refractivity contribution is -0.148. The summed E-state index contributed by atoms with van der Waals surface area (Å²) in [6.45, 7) is 1.79. The van der Waals surface area contributed by atoms with Gasteiger partial charge in [0, 0.05) is 18.6 Å². The number of nitrogens with two attached hydrogens (primary N) is 1. The van der Waals surface area contributed by atoms with Crippen molar-refractivity contribution < 1.29 is 14.3 Å². The van der Waals surface area contributed by atoms with Crippen LogP contribution in [0.3, 0.4) is 0 Å². The number of carbonyl (C=O) groups excluding carboxylic acids is 1. The molecule has 1 saturated carbocycles. The van der Waals surface area contributed by atoms with Crippen LogP contribution in [0.15, 0.2) is 0 Å². The average Bonchev–Trinajstić information content (AvgIpc) is 2.52. The van der Waals surface area contributed by atoms with Gasteiger partial charge in [0.2, 0.25) is 0 Å². The Labute approximate surface area is 77.4 Å². The maximum atomic E-state index is 11.5. The zero-order valence-electron chi connectivity index (χ0n) is 7.84. The van der Waals surface area contributed by atoms with Gasteiger partial charge in [-0.3, -0.25) is 4.79 Å². The molecule has 0 unspecified atom stereocenters. The summed E-state index contributed by atoms with van der Waals surface area (Å²) >= 11 is 0. The molecule has 0 aromatic heterocycles. The molecule has 2 atom stereocenters. The minimum Gasteiger partial charge on any atom is -0.469 e. The molecule has 0 amide bonds. The Balaban J connectivity index is 2.17. The van der Waals surface area contributed by atoms with Gasteiger partial charge in [-0.25, -0.2) is 0 Å². The highest BCUT2D eigenvalue weighted by molar-refractivity contribution is 5.82. The molecule has 1 aliphatic heterocycles. The van der Waals surface area contributed by atoms with E-state index in [4.69, 9.17) is 15.2 Å². The number of rotatable bonds is 2. The molecule has 1 spiro atoms. The Bertz CT molecular complexity index is 235. The van der Waals surface area contributed by atoms with E-state index in [0.717, 1.165) is 19.4 Å². The number of hydrogen-bond acceptors (Lipinski definition) is 4. The van der Waals surface area contributed by atoms with Crippen molar-refractivity contribution in [2.24, 2.45) is 16.6 Å². The van der Waals surface area contributed by atoms with E-state index in [1.165, 1.54) is 7.11 Å². The van der Waals surface area contributed by atoms with Crippen LogP contribution in [0, 0.1) is 10.8 Å². The summed E-state index contributed by atoms with van der Waals surface area (Å²) in [5.74, 6) is -0.166. The normalized spacial score (nSPS) is 42.3. The molecule has 4 heteroatoms. The molecule has 4 nitrogen and oxygen atoms in total. The zero-order valence-corrected chi connectivity index (χ0v) is 7.84. The highest BCUT2D eigenvalue weighted by atomic mass is 16.5. The first kappa shape index (κ1) is 8.97. The number of esters is 1. The van der Waals surface area contributed by atoms with E-state index in [-0.39, 0.29) is 11.4 Å². The molecule has 0 radical (unpaired) electrons. The fourth-order valence-electron chi connectivity index (χ4n) is 2.51. The summed E-state index contributed by atoms with van der Waals surface area (Å²) in [6.07, 6.45) is 1.78. The summed E-state index contributed by atoms with van der Waals surface area (Å²) in [5.41, 5.74) is 5.22. The predicted octanol–water partition coefficient (Wildman–Crippen LogP) is -0.0851. The van der Waals surface area contributed by atoms with E-state index in [0.29, 0.717) is 13.2 Å². The third-order valence-corrected chi connectivity index (χ3v) is 3.56. The maximum Gasteiger partial charge on any atom is 0.313 e. The average molecular weight is 185 g/mol. The molecular formula is C9H15NO3. The SMILES string of the molecule is COC(=O)[C@]1(CN)C[C@]12CCOC2. The molecule has 1 aliphatic carbocycles. The molecule has 13 heavy (non-hydrogen) atoms. The van der Waals surface area contributed by atoms with Crippen molar-refractivity contribution in [1.29, 1.82) is 0 Å². The molecule has 2 fully saturated rings. The molecule has 2 aliphatic rings. The van der Waals surface area contributed by atoms with Gasteiger partial charge in [0.25, 0.3) is 0 Å². The number of methoxy groups -OCH3 is 1. The predicted molar refractivity (Wildman–Crippen MR) is 46.0 cm³/mol. The Morgan fingerprint density at radius 1 is 1.69 bits per heavy atom. The van der Waals surface area contributed by atoms with Crippen molar-refractivity contribution in [3.63, 3.8) is 0 Å². The lowest BCUT2D eigenvalue weighted by Crippen LogP contribution is -2.33. The monoisotopic (exact) mass is 185 g/mol. The molecule has 2 rings (SSSR count). The van der Waals surface area contributed by atoms with Crippen LogP contribution in [0.2, 0.25) is 0 Å². The molecular weight excluding hydrogens is 170 g/mol. The van der Waals surface area contributed by atoms with Gasteiger partial charge in [-0.2, -0.15) is 0 Å². The van der Waals surface area contributed by atoms with Crippen molar-refractivity contribution in [1.82, 2.24) is 0 Å². The number of carbonyl (C=O) groups is 1. The van der Waals surface area contributed by atoms with Gasteiger partial charge in [-0.05, 0) is 12.8 Å². The highest BCUT2D eigenvalue weighted by Crippen LogP contribution is 2.67. The Kier molecular flexibility index (Phi) is 1.85. The topological polar surface area (TPSA) is 61.5 Å². The minimum absolute atomic E-state index is 0.00877. The number of hydrogen-bond donors (Lipinski definition) is 1. The molecule has 1 saturated heterocycles. The molecule has 0 aromatic carbocycles. The van der Waals surface area contributed by atoms with Crippen molar-refractivity contribution in [2.45, 2.75) is 12.8 Å². The van der Waals surface area contributed by atoms with Crippen LogP contribution < -0.4 is 5.73 Å². The van der Waals surface area contributed by atoms with Crippen LogP contribution in [0.5, 0.6) is 0 Å². The summed E-state index contributed by atoms with van der Waals surface area (Å²) < 4.78 is 10.1. The van der Waals surface area contributed by atoms with Gasteiger partial charge in [0.15, 0.2) is 0 Å². The fraction of sp³-hybridized carbons (Fsp3) is 0.889. The Hall–Kier alpha value is -0.610. The molecule has 1 heterocycles. The van der Waals surface area contributed by atoms with Gasteiger partial charge in [-0.15, -0.1) is 0 Å². The van der Waals surface area contributed by atoms with Crippen molar-refractivity contribution in [3.8, 4) is 0 Å². The van der Waals surface area contributed by atoms with E-state index in [9.17, 15) is 4.79 Å². The second-order valence-electron chi connectivity index (χ2n) is 4.04.